The summed E-state index contributed by atoms with van der Waals surface area (Å²) in [5, 5.41) is 4.84. The summed E-state index contributed by atoms with van der Waals surface area (Å²) in [5.41, 5.74) is 2.35. The summed E-state index contributed by atoms with van der Waals surface area (Å²) in [4.78, 5) is 5.70. The van der Waals surface area contributed by atoms with Gasteiger partial charge in [-0.05, 0) is 59.0 Å². The number of hydrogen-bond acceptors (Lipinski definition) is 2. The van der Waals surface area contributed by atoms with E-state index in [2.05, 4.69) is 30.1 Å². The lowest BCUT2D eigenvalue weighted by molar-refractivity contribution is 1.29. The Morgan fingerprint density at radius 3 is 2.30 bits per heavy atom. The highest BCUT2D eigenvalue weighted by Gasteiger charge is 2.18. The molecule has 0 saturated carbocycles. The van der Waals surface area contributed by atoms with Gasteiger partial charge in [0.25, 0.3) is 0 Å². The Bertz CT molecular complexity index is 1810. The number of aryl methyl sites for hydroxylation is 3. The van der Waals surface area contributed by atoms with Gasteiger partial charge in [-0.25, -0.2) is 0 Å². The van der Waals surface area contributed by atoms with E-state index in [0.29, 0.717) is 10.9 Å². The van der Waals surface area contributed by atoms with E-state index in [-0.39, 0.29) is 11.1 Å². The topological polar surface area (TPSA) is 12.9 Å². The number of aromatic nitrogens is 1. The van der Waals surface area contributed by atoms with Crippen molar-refractivity contribution < 1.29 is 8.22 Å². The van der Waals surface area contributed by atoms with Crippen molar-refractivity contribution in [2.45, 2.75) is 20.6 Å². The van der Waals surface area contributed by atoms with Gasteiger partial charge in [-0.2, -0.15) is 0 Å². The standard InChI is InChI=1S/C28H21NS/c1-16-15-29-26-23-12-8-7-11-21(23)22-14-13-20-18(3)27(19-9-5-4-6-10-19)30-28(20)25(22)24(26)17(16)2/h4-15H,1-3H3/i1D3,2D3. The van der Waals surface area contributed by atoms with Gasteiger partial charge in [-0.15, -0.1) is 11.3 Å². The molecule has 0 bridgehead atoms. The van der Waals surface area contributed by atoms with E-state index in [1.54, 1.807) is 11.3 Å². The molecule has 6 aromatic rings. The maximum absolute atomic E-state index is 8.41. The zero-order valence-electron chi connectivity index (χ0n) is 22.3. The van der Waals surface area contributed by atoms with E-state index < -0.39 is 13.7 Å². The summed E-state index contributed by atoms with van der Waals surface area (Å²) in [6, 6.07) is 22.0. The molecule has 0 fully saturated rings. The smallest absolute Gasteiger partial charge is 0.0790 e. The zero-order valence-corrected chi connectivity index (χ0v) is 17.1. The number of benzene rings is 4. The van der Waals surface area contributed by atoms with Gasteiger partial charge in [0.2, 0.25) is 0 Å². The molecule has 6 rings (SSSR count). The van der Waals surface area contributed by atoms with E-state index in [9.17, 15) is 0 Å². The Kier molecular flexibility index (Phi) is 2.65. The minimum atomic E-state index is -2.64. The monoisotopic (exact) mass is 409 g/mol. The highest BCUT2D eigenvalue weighted by molar-refractivity contribution is 7.23. The predicted octanol–water partition coefficient (Wildman–Crippen LogP) is 8.35. The molecule has 4 aromatic carbocycles. The Morgan fingerprint density at radius 1 is 0.733 bits per heavy atom. The second kappa shape index (κ2) is 6.38. The van der Waals surface area contributed by atoms with Crippen molar-refractivity contribution in [3.05, 3.63) is 89.6 Å². The first kappa shape index (κ1) is 12.5. The minimum absolute atomic E-state index is 0.136. The van der Waals surface area contributed by atoms with Crippen molar-refractivity contribution >= 4 is 53.9 Å². The first-order valence-corrected chi connectivity index (χ1v) is 10.6. The lowest BCUT2D eigenvalue weighted by Gasteiger charge is -2.14. The Balaban J connectivity index is 1.93. The second-order valence-corrected chi connectivity index (χ2v) is 8.62. The van der Waals surface area contributed by atoms with E-state index in [1.165, 1.54) is 6.20 Å². The molecule has 0 aliphatic carbocycles. The molecule has 0 aliphatic rings. The second-order valence-electron chi connectivity index (χ2n) is 7.60. The van der Waals surface area contributed by atoms with Gasteiger partial charge < -0.3 is 0 Å². The van der Waals surface area contributed by atoms with Gasteiger partial charge in [-0.3, -0.25) is 4.98 Å². The van der Waals surface area contributed by atoms with E-state index >= 15 is 0 Å². The third-order valence-electron chi connectivity index (χ3n) is 5.94. The maximum atomic E-state index is 8.41. The fourth-order valence-corrected chi connectivity index (χ4v) is 5.87. The van der Waals surface area contributed by atoms with Crippen LogP contribution < -0.4 is 0 Å². The molecule has 0 amide bonds. The molecule has 0 N–H and O–H groups in total. The Labute approximate surface area is 188 Å². The van der Waals surface area contributed by atoms with Crippen molar-refractivity contribution in [1.82, 2.24) is 4.98 Å². The fourth-order valence-electron chi connectivity index (χ4n) is 4.51. The average molecular weight is 410 g/mol. The highest BCUT2D eigenvalue weighted by atomic mass is 32.1. The van der Waals surface area contributed by atoms with Crippen LogP contribution in [0, 0.1) is 20.6 Å². The van der Waals surface area contributed by atoms with Crippen LogP contribution in [0.15, 0.2) is 72.9 Å². The molecule has 144 valence electrons. The molecule has 0 unspecified atom stereocenters. The van der Waals surface area contributed by atoms with Crippen LogP contribution in [-0.4, -0.2) is 4.98 Å². The summed E-state index contributed by atoms with van der Waals surface area (Å²) in [6.07, 6.45) is 1.23. The molecule has 0 radical (unpaired) electrons. The lowest BCUT2D eigenvalue weighted by atomic mass is 9.92. The number of thiophene rings is 1. The summed E-state index contributed by atoms with van der Waals surface area (Å²) in [7, 11) is 0. The van der Waals surface area contributed by atoms with Crippen LogP contribution in [0.5, 0.6) is 0 Å². The number of rotatable bonds is 1. The molecule has 2 heterocycles. The highest BCUT2D eigenvalue weighted by Crippen LogP contribution is 2.46. The number of hydrogen-bond donors (Lipinski definition) is 0. The van der Waals surface area contributed by atoms with Crippen LogP contribution in [0.25, 0.3) is 53.0 Å². The van der Waals surface area contributed by atoms with Crippen molar-refractivity contribution in [3.8, 4) is 10.4 Å². The van der Waals surface area contributed by atoms with Gasteiger partial charge >= 0.3 is 0 Å². The SMILES string of the molecule is [2H]C([2H])([2H])c1cnc2c3ccccc3c3ccc4c(C)c(-c5ccccc5)sc4c3c2c1C([2H])([2H])[2H]. The largest absolute Gasteiger partial charge is 0.255 e. The first-order chi connectivity index (χ1) is 17.1. The van der Waals surface area contributed by atoms with Gasteiger partial charge in [0, 0.05) is 40.2 Å². The minimum Gasteiger partial charge on any atom is -0.255 e. The van der Waals surface area contributed by atoms with Crippen LogP contribution in [-0.2, 0) is 0 Å². The van der Waals surface area contributed by atoms with Crippen LogP contribution in [0.1, 0.15) is 24.9 Å². The van der Waals surface area contributed by atoms with Crippen LogP contribution in [0.3, 0.4) is 0 Å². The maximum Gasteiger partial charge on any atom is 0.0790 e. The Morgan fingerprint density at radius 2 is 1.50 bits per heavy atom. The van der Waals surface area contributed by atoms with Gasteiger partial charge in [0.15, 0.2) is 0 Å². The molecular weight excluding hydrogens is 382 g/mol. The number of nitrogens with zero attached hydrogens (tertiary/aromatic N) is 1. The predicted molar refractivity (Wildman–Crippen MR) is 132 cm³/mol. The Hall–Kier alpha value is -3.23. The molecule has 1 nitrogen and oxygen atoms in total. The van der Waals surface area contributed by atoms with Crippen molar-refractivity contribution in [1.29, 1.82) is 0 Å². The number of fused-ring (bicyclic) bond motifs is 8. The third-order valence-corrected chi connectivity index (χ3v) is 7.32. The average Bonchev–Trinajstić information content (AvgIpc) is 3.19. The fraction of sp³-hybridized carbons (Fsp3) is 0.107. The molecule has 0 spiro atoms. The van der Waals surface area contributed by atoms with Crippen LogP contribution in [0.2, 0.25) is 0 Å². The van der Waals surface area contributed by atoms with E-state index in [1.807, 2.05) is 48.5 Å². The van der Waals surface area contributed by atoms with E-state index in [0.717, 1.165) is 47.6 Å². The molecule has 2 heteroatoms. The molecule has 0 aliphatic heterocycles. The van der Waals surface area contributed by atoms with Crippen molar-refractivity contribution in [2.24, 2.45) is 0 Å². The van der Waals surface area contributed by atoms with Gasteiger partial charge in [-0.1, -0.05) is 66.7 Å². The normalized spacial score (nSPS) is 15.6. The van der Waals surface area contributed by atoms with Gasteiger partial charge in [0.1, 0.15) is 0 Å². The molecule has 30 heavy (non-hydrogen) atoms. The summed E-state index contributed by atoms with van der Waals surface area (Å²) >= 11 is 1.61. The van der Waals surface area contributed by atoms with Crippen molar-refractivity contribution in [3.63, 3.8) is 0 Å². The molecule has 2 aromatic heterocycles. The first-order valence-electron chi connectivity index (χ1n) is 12.8. The molecular formula is C28H21NS. The summed E-state index contributed by atoms with van der Waals surface area (Å²) in [6.45, 7) is -3.18. The lowest BCUT2D eigenvalue weighted by Crippen LogP contribution is -1.92. The molecule has 0 atom stereocenters. The quantitative estimate of drug-likeness (QED) is 0.249. The van der Waals surface area contributed by atoms with Crippen molar-refractivity contribution in [2.75, 3.05) is 0 Å². The molecule has 0 saturated heterocycles. The van der Waals surface area contributed by atoms with Crippen LogP contribution in [0.4, 0.5) is 0 Å². The summed E-state index contributed by atoms with van der Waals surface area (Å²) in [5.74, 6) is 0. The summed E-state index contributed by atoms with van der Waals surface area (Å²) < 4.78 is 50.5. The van der Waals surface area contributed by atoms with Gasteiger partial charge in [0.05, 0.1) is 5.52 Å². The van der Waals surface area contributed by atoms with E-state index in [4.69, 9.17) is 8.22 Å². The third kappa shape index (κ3) is 2.31. The zero-order chi connectivity index (χ0) is 25.4. The number of pyridine rings is 1. The van der Waals surface area contributed by atoms with Crippen LogP contribution >= 0.6 is 11.3 Å².